The summed E-state index contributed by atoms with van der Waals surface area (Å²) in [5, 5.41) is 6.15. The second-order valence-corrected chi connectivity index (χ2v) is 9.68. The third-order valence-corrected chi connectivity index (χ3v) is 5.58. The number of halogens is 2. The van der Waals surface area contributed by atoms with Gasteiger partial charge >= 0.3 is 0 Å². The van der Waals surface area contributed by atoms with Crippen molar-refractivity contribution in [2.45, 2.75) is 106 Å². The van der Waals surface area contributed by atoms with Gasteiger partial charge in [-0.3, -0.25) is 14.0 Å². The van der Waals surface area contributed by atoms with Crippen LogP contribution in [-0.4, -0.2) is 70.3 Å². The van der Waals surface area contributed by atoms with E-state index in [1.807, 2.05) is 58.1 Å². The lowest BCUT2D eigenvalue weighted by atomic mass is 10.1. The van der Waals surface area contributed by atoms with Crippen LogP contribution in [0.4, 0.5) is 4.39 Å². The smallest absolute Gasteiger partial charge is 0.250 e. The minimum Gasteiger partial charge on any atom is -0.382 e. The lowest BCUT2D eigenvalue weighted by Gasteiger charge is -2.23. The SMILES string of the molecule is C=C/C=C\C=C(/C)Cl.CC.CC/C=C(\C=C/CC(C)N(C)CCCCCC)C(=O)NCCCOCC.CF.CNC(C)=O. The van der Waals surface area contributed by atoms with E-state index in [1.165, 1.54) is 32.6 Å². The Morgan fingerprint density at radius 3 is 2.12 bits per heavy atom. The monoisotopic (exact) mass is 631 g/mol. The highest BCUT2D eigenvalue weighted by Gasteiger charge is 2.08. The molecule has 0 aliphatic carbocycles. The standard InChI is InChI=1S/C22H42N2O2.C7H9Cl.C3H7NO.C2H6.CH3F/c1-6-9-10-11-18-24(5)20(4)15-12-16-21(14-7-2)22(25)23-17-13-19-26-8-3;1-3-4-5-6-7(2)8;1-3(5)4-2;2*1-2/h12,14,16,20H,6-11,13,15,17-19H2,1-5H3,(H,23,25);3-6H,1H2,2H3;1-2H3,(H,4,5);1-2H3;1H3/b16-12-,21-14+;5-4-,7-6+;;;. The number of allylic oxidation sites excluding steroid dienone is 6. The second-order valence-electron chi connectivity index (χ2n) is 9.08. The summed E-state index contributed by atoms with van der Waals surface area (Å²) in [4.78, 5) is 24.4. The molecule has 1 unspecified atom stereocenters. The lowest BCUT2D eigenvalue weighted by Crippen LogP contribution is -2.29. The number of hydrogen-bond donors (Lipinski definition) is 2. The largest absolute Gasteiger partial charge is 0.382 e. The van der Waals surface area contributed by atoms with Crippen molar-refractivity contribution in [1.29, 1.82) is 0 Å². The van der Waals surface area contributed by atoms with Crippen molar-refractivity contribution in [2.75, 3.05) is 47.6 Å². The van der Waals surface area contributed by atoms with E-state index in [4.69, 9.17) is 16.3 Å². The van der Waals surface area contributed by atoms with Gasteiger partial charge in [0.25, 0.3) is 5.91 Å². The summed E-state index contributed by atoms with van der Waals surface area (Å²) < 4.78 is 14.8. The fraction of sp³-hybridized carbons (Fsp3) is 0.657. The van der Waals surface area contributed by atoms with Crippen molar-refractivity contribution in [1.82, 2.24) is 15.5 Å². The summed E-state index contributed by atoms with van der Waals surface area (Å²) in [6.07, 6.45) is 21.1. The van der Waals surface area contributed by atoms with Crippen LogP contribution in [0.15, 0.2) is 59.7 Å². The molecule has 254 valence electrons. The van der Waals surface area contributed by atoms with Crippen LogP contribution in [-0.2, 0) is 14.3 Å². The molecular formula is C35H67ClFN3O3. The maximum atomic E-state index is 12.3. The molecule has 0 saturated carbocycles. The van der Waals surface area contributed by atoms with E-state index in [0.717, 1.165) is 43.0 Å². The highest BCUT2D eigenvalue weighted by atomic mass is 35.5. The lowest BCUT2D eigenvalue weighted by molar-refractivity contribution is -0.118. The van der Waals surface area contributed by atoms with Gasteiger partial charge in [0, 0.05) is 50.4 Å². The van der Waals surface area contributed by atoms with Crippen LogP contribution in [0.2, 0.25) is 0 Å². The zero-order valence-corrected chi connectivity index (χ0v) is 30.3. The first-order chi connectivity index (χ1) is 20.6. The third kappa shape index (κ3) is 46.9. The fourth-order valence-corrected chi connectivity index (χ4v) is 3.00. The minimum atomic E-state index is 0.00463. The predicted molar refractivity (Wildman–Crippen MR) is 190 cm³/mol. The average molecular weight is 632 g/mol. The molecule has 0 aromatic carbocycles. The van der Waals surface area contributed by atoms with Gasteiger partial charge in [-0.2, -0.15) is 0 Å². The van der Waals surface area contributed by atoms with Gasteiger partial charge < -0.3 is 20.3 Å². The zero-order chi connectivity index (χ0) is 34.3. The van der Waals surface area contributed by atoms with Gasteiger partial charge in [0.05, 0.1) is 7.18 Å². The first-order valence-corrected chi connectivity index (χ1v) is 16.1. The van der Waals surface area contributed by atoms with Crippen LogP contribution in [0.5, 0.6) is 0 Å². The molecule has 0 fully saturated rings. The Morgan fingerprint density at radius 2 is 1.65 bits per heavy atom. The molecule has 6 nitrogen and oxygen atoms in total. The Labute approximate surface area is 270 Å². The molecule has 0 aromatic heterocycles. The first-order valence-electron chi connectivity index (χ1n) is 15.7. The van der Waals surface area contributed by atoms with Crippen molar-refractivity contribution in [3.05, 3.63) is 59.7 Å². The maximum absolute atomic E-state index is 12.3. The van der Waals surface area contributed by atoms with Crippen molar-refractivity contribution >= 4 is 23.4 Å². The summed E-state index contributed by atoms with van der Waals surface area (Å²) in [6.45, 7) is 22.6. The third-order valence-electron chi connectivity index (χ3n) is 5.46. The molecule has 0 rings (SSSR count). The molecule has 0 heterocycles. The number of amides is 2. The highest BCUT2D eigenvalue weighted by Crippen LogP contribution is 2.08. The quantitative estimate of drug-likeness (QED) is 0.0900. The summed E-state index contributed by atoms with van der Waals surface area (Å²) in [6, 6.07) is 0.491. The summed E-state index contributed by atoms with van der Waals surface area (Å²) in [5.41, 5.74) is 0.765. The Hall–Kier alpha value is -2.22. The van der Waals surface area contributed by atoms with Crippen LogP contribution >= 0.6 is 11.6 Å². The molecule has 0 spiro atoms. The summed E-state index contributed by atoms with van der Waals surface area (Å²) in [5.74, 6) is 0.0187. The van der Waals surface area contributed by atoms with Gasteiger partial charge in [0.15, 0.2) is 0 Å². The van der Waals surface area contributed by atoms with E-state index < -0.39 is 0 Å². The minimum absolute atomic E-state index is 0.00463. The second kappa shape index (κ2) is 44.2. The number of carbonyl (C=O) groups excluding carboxylic acids is 2. The van der Waals surface area contributed by atoms with Gasteiger partial charge in [0.1, 0.15) is 0 Å². The van der Waals surface area contributed by atoms with Crippen molar-refractivity contribution < 1.29 is 18.7 Å². The molecular weight excluding hydrogens is 565 g/mol. The number of nitrogens with zero attached hydrogens (tertiary/aromatic N) is 1. The van der Waals surface area contributed by atoms with E-state index in [-0.39, 0.29) is 11.8 Å². The van der Waals surface area contributed by atoms with E-state index >= 15 is 0 Å². The first kappa shape index (κ1) is 50.4. The summed E-state index contributed by atoms with van der Waals surface area (Å²) in [7, 11) is 4.29. The highest BCUT2D eigenvalue weighted by molar-refractivity contribution is 6.29. The van der Waals surface area contributed by atoms with E-state index in [2.05, 4.69) is 56.0 Å². The number of unbranched alkanes of at least 4 members (excludes halogenated alkanes) is 3. The number of alkyl halides is 1. The Kier molecular flexibility index (Phi) is 51.8. The van der Waals surface area contributed by atoms with Crippen molar-refractivity contribution in [3.63, 3.8) is 0 Å². The zero-order valence-electron chi connectivity index (χ0n) is 29.5. The normalized spacial score (nSPS) is 11.6. The van der Waals surface area contributed by atoms with Gasteiger partial charge in [-0.05, 0) is 66.1 Å². The Morgan fingerprint density at radius 1 is 1.05 bits per heavy atom. The number of hydrogen-bond acceptors (Lipinski definition) is 4. The van der Waals surface area contributed by atoms with Crippen LogP contribution < -0.4 is 10.6 Å². The molecule has 0 aliphatic heterocycles. The maximum Gasteiger partial charge on any atom is 0.250 e. The predicted octanol–water partition coefficient (Wildman–Crippen LogP) is 8.95. The molecule has 43 heavy (non-hydrogen) atoms. The molecule has 0 aliphatic rings. The van der Waals surface area contributed by atoms with Crippen LogP contribution in [0.3, 0.4) is 0 Å². The Bertz CT molecular complexity index is 734. The molecule has 2 N–H and O–H groups in total. The number of nitrogens with one attached hydrogen (secondary N) is 2. The molecule has 2 amide bonds. The van der Waals surface area contributed by atoms with Gasteiger partial charge in [0.2, 0.25) is 5.91 Å². The van der Waals surface area contributed by atoms with E-state index in [0.29, 0.717) is 26.4 Å². The number of rotatable bonds is 18. The summed E-state index contributed by atoms with van der Waals surface area (Å²) >= 11 is 5.49. The number of carbonyl (C=O) groups is 2. The van der Waals surface area contributed by atoms with Crippen molar-refractivity contribution in [3.8, 4) is 0 Å². The molecule has 0 saturated heterocycles. The van der Waals surface area contributed by atoms with Crippen LogP contribution in [0.25, 0.3) is 0 Å². The van der Waals surface area contributed by atoms with Gasteiger partial charge in [-0.1, -0.05) is 102 Å². The van der Waals surface area contributed by atoms with E-state index in [1.54, 1.807) is 13.1 Å². The molecule has 8 heteroatoms. The Balaban J connectivity index is -0.000000231. The van der Waals surface area contributed by atoms with Gasteiger partial charge in [-0.25, -0.2) is 0 Å². The topological polar surface area (TPSA) is 70.7 Å². The molecule has 1 atom stereocenters. The van der Waals surface area contributed by atoms with Crippen LogP contribution in [0.1, 0.15) is 100 Å². The average Bonchev–Trinajstić information content (AvgIpc) is 3.01. The fourth-order valence-electron chi connectivity index (χ4n) is 2.93. The van der Waals surface area contributed by atoms with Crippen LogP contribution in [0, 0.1) is 0 Å². The number of ether oxygens (including phenoxy) is 1. The molecule has 0 bridgehead atoms. The van der Waals surface area contributed by atoms with Gasteiger partial charge in [-0.15, -0.1) is 0 Å². The molecule has 0 aromatic rings. The molecule has 0 radical (unpaired) electrons. The van der Waals surface area contributed by atoms with Crippen molar-refractivity contribution in [2.24, 2.45) is 0 Å². The van der Waals surface area contributed by atoms with E-state index in [9.17, 15) is 14.0 Å².